The highest BCUT2D eigenvalue weighted by Gasteiger charge is 2.38. The molecule has 10 rings (SSSR count). The summed E-state index contributed by atoms with van der Waals surface area (Å²) in [5.74, 6) is 0. The maximum absolute atomic E-state index is 2.52. The predicted molar refractivity (Wildman–Crippen MR) is 212 cm³/mol. The fourth-order valence-electron chi connectivity index (χ4n) is 8.27. The normalized spacial score (nSPS) is 13.3. The number of hydrogen-bond acceptors (Lipinski definition) is 2. The van der Waals surface area contributed by atoms with Gasteiger partial charge in [-0.15, -0.1) is 11.3 Å². The second kappa shape index (κ2) is 10.7. The minimum atomic E-state index is -0.101. The van der Waals surface area contributed by atoms with E-state index in [0.29, 0.717) is 0 Å². The van der Waals surface area contributed by atoms with E-state index in [-0.39, 0.29) is 5.41 Å². The molecule has 9 aromatic rings. The number of para-hydroxylation sites is 1. The second-order valence-corrected chi connectivity index (χ2v) is 14.8. The van der Waals surface area contributed by atoms with Crippen LogP contribution in [0.15, 0.2) is 164 Å². The highest BCUT2D eigenvalue weighted by molar-refractivity contribution is 7.26. The third-order valence-electron chi connectivity index (χ3n) is 10.6. The summed E-state index contributed by atoms with van der Waals surface area (Å²) in [7, 11) is 0. The van der Waals surface area contributed by atoms with E-state index in [4.69, 9.17) is 0 Å². The van der Waals surface area contributed by atoms with Gasteiger partial charge in [0.25, 0.3) is 0 Å². The van der Waals surface area contributed by atoms with E-state index in [1.807, 2.05) is 11.3 Å². The van der Waals surface area contributed by atoms with E-state index in [1.165, 1.54) is 80.8 Å². The molecule has 1 aliphatic carbocycles. The van der Waals surface area contributed by atoms with Gasteiger partial charge < -0.3 is 4.90 Å². The monoisotopic (exact) mass is 643 g/mol. The molecule has 0 N–H and O–H groups in total. The molecule has 2 heteroatoms. The quantitative estimate of drug-likeness (QED) is 0.184. The zero-order valence-corrected chi connectivity index (χ0v) is 28.3. The standard InChI is InChI=1S/C47H33NS/c1-47(2)39-17-8-5-15-36(39)46-40(47)18-11-20-42(46)48(41-19-9-6-14-35(41)33-23-22-30-12-3-4-13-32(30)28-33)34-26-24-31-25-27-44-45(38(31)29-34)37-16-7-10-21-43(37)49-44/h3-29H,1-2H3. The van der Waals surface area contributed by atoms with Crippen LogP contribution < -0.4 is 4.90 Å². The molecule has 1 aromatic heterocycles. The molecule has 0 unspecified atom stereocenters. The lowest BCUT2D eigenvalue weighted by molar-refractivity contribution is 0.660. The van der Waals surface area contributed by atoms with Crippen LogP contribution in [0.25, 0.3) is 64.0 Å². The summed E-state index contributed by atoms with van der Waals surface area (Å²) in [6.07, 6.45) is 0. The van der Waals surface area contributed by atoms with Crippen LogP contribution in [0.3, 0.4) is 0 Å². The van der Waals surface area contributed by atoms with Crippen LogP contribution in [-0.4, -0.2) is 0 Å². The first-order valence-corrected chi connectivity index (χ1v) is 17.8. The number of benzene rings is 8. The Bertz CT molecular complexity index is 2770. The van der Waals surface area contributed by atoms with Crippen molar-refractivity contribution >= 4 is 70.1 Å². The molecule has 0 amide bonds. The van der Waals surface area contributed by atoms with Gasteiger partial charge in [0.15, 0.2) is 0 Å². The summed E-state index contributed by atoms with van der Waals surface area (Å²) in [6, 6.07) is 60.7. The highest BCUT2D eigenvalue weighted by Crippen LogP contribution is 2.55. The molecule has 232 valence electrons. The summed E-state index contributed by atoms with van der Waals surface area (Å²) < 4.78 is 2.65. The first-order valence-electron chi connectivity index (χ1n) is 17.0. The lowest BCUT2D eigenvalue weighted by Crippen LogP contribution is -2.16. The van der Waals surface area contributed by atoms with Gasteiger partial charge in [-0.25, -0.2) is 0 Å². The Kier molecular flexibility index (Phi) is 6.16. The van der Waals surface area contributed by atoms with Crippen LogP contribution >= 0.6 is 11.3 Å². The Balaban J connectivity index is 1.29. The van der Waals surface area contributed by atoms with Gasteiger partial charge in [0.05, 0.1) is 11.4 Å². The molecular formula is C47H33NS. The molecule has 0 spiro atoms. The van der Waals surface area contributed by atoms with Crippen molar-refractivity contribution in [3.05, 3.63) is 175 Å². The number of nitrogens with zero attached hydrogens (tertiary/aromatic N) is 1. The first-order chi connectivity index (χ1) is 24.1. The Hall–Kier alpha value is -5.70. The number of rotatable bonds is 4. The zero-order chi connectivity index (χ0) is 32.7. The second-order valence-electron chi connectivity index (χ2n) is 13.7. The van der Waals surface area contributed by atoms with E-state index < -0.39 is 0 Å². The average molecular weight is 644 g/mol. The van der Waals surface area contributed by atoms with Gasteiger partial charge in [0.2, 0.25) is 0 Å². The van der Waals surface area contributed by atoms with Gasteiger partial charge in [0.1, 0.15) is 0 Å². The molecule has 1 nitrogen and oxygen atoms in total. The number of fused-ring (bicyclic) bond motifs is 9. The molecule has 0 bridgehead atoms. The summed E-state index contributed by atoms with van der Waals surface area (Å²) in [5, 5.41) is 7.70. The summed E-state index contributed by atoms with van der Waals surface area (Å²) in [4.78, 5) is 2.52. The van der Waals surface area contributed by atoms with E-state index in [1.54, 1.807) is 0 Å². The van der Waals surface area contributed by atoms with Crippen LogP contribution in [0.5, 0.6) is 0 Å². The van der Waals surface area contributed by atoms with Crippen LogP contribution in [-0.2, 0) is 5.41 Å². The van der Waals surface area contributed by atoms with E-state index in [9.17, 15) is 0 Å². The van der Waals surface area contributed by atoms with Crippen molar-refractivity contribution in [2.45, 2.75) is 19.3 Å². The first kappa shape index (κ1) is 28.3. The molecule has 0 saturated heterocycles. The number of anilines is 3. The van der Waals surface area contributed by atoms with Crippen molar-refractivity contribution in [2.24, 2.45) is 0 Å². The molecule has 49 heavy (non-hydrogen) atoms. The van der Waals surface area contributed by atoms with Crippen molar-refractivity contribution in [3.8, 4) is 22.3 Å². The highest BCUT2D eigenvalue weighted by atomic mass is 32.1. The Morgan fingerprint density at radius 3 is 2.08 bits per heavy atom. The van der Waals surface area contributed by atoms with Crippen LogP contribution in [0.1, 0.15) is 25.0 Å². The molecule has 0 aliphatic heterocycles. The van der Waals surface area contributed by atoms with Gasteiger partial charge >= 0.3 is 0 Å². The molecule has 0 fully saturated rings. The maximum Gasteiger partial charge on any atom is 0.0543 e. The maximum atomic E-state index is 2.52. The molecule has 0 saturated carbocycles. The zero-order valence-electron chi connectivity index (χ0n) is 27.4. The molecule has 0 atom stereocenters. The summed E-state index contributed by atoms with van der Waals surface area (Å²) in [5.41, 5.74) is 11.2. The Morgan fingerprint density at radius 2 is 1.16 bits per heavy atom. The van der Waals surface area contributed by atoms with Crippen molar-refractivity contribution in [3.63, 3.8) is 0 Å². The molecule has 8 aromatic carbocycles. The number of hydrogen-bond donors (Lipinski definition) is 0. The van der Waals surface area contributed by atoms with E-state index in [2.05, 4.69) is 183 Å². The Morgan fingerprint density at radius 1 is 0.469 bits per heavy atom. The third kappa shape index (κ3) is 4.24. The SMILES string of the molecule is CC1(C)c2ccccc2-c2c(N(c3ccc4ccc5sc6ccccc6c5c4c3)c3ccccc3-c3ccc4ccccc4c3)cccc21. The third-order valence-corrected chi connectivity index (χ3v) is 11.8. The van der Waals surface area contributed by atoms with Crippen LogP contribution in [0.2, 0.25) is 0 Å². The van der Waals surface area contributed by atoms with E-state index in [0.717, 1.165) is 11.4 Å². The van der Waals surface area contributed by atoms with E-state index >= 15 is 0 Å². The lowest BCUT2D eigenvalue weighted by Gasteiger charge is -2.31. The van der Waals surface area contributed by atoms with Gasteiger partial charge in [0, 0.05) is 42.4 Å². The van der Waals surface area contributed by atoms with Crippen LogP contribution in [0, 0.1) is 0 Å². The van der Waals surface area contributed by atoms with Gasteiger partial charge in [-0.1, -0.05) is 135 Å². The molecular weight excluding hydrogens is 611 g/mol. The van der Waals surface area contributed by atoms with Crippen molar-refractivity contribution in [2.75, 3.05) is 4.90 Å². The topological polar surface area (TPSA) is 3.24 Å². The largest absolute Gasteiger partial charge is 0.309 e. The fraction of sp³-hybridized carbons (Fsp3) is 0.0638. The minimum Gasteiger partial charge on any atom is -0.309 e. The molecule has 1 aliphatic rings. The predicted octanol–water partition coefficient (Wildman–Crippen LogP) is 13.8. The average Bonchev–Trinajstić information content (AvgIpc) is 3.65. The lowest BCUT2D eigenvalue weighted by atomic mass is 9.82. The summed E-state index contributed by atoms with van der Waals surface area (Å²) in [6.45, 7) is 4.73. The Labute approximate surface area is 290 Å². The minimum absolute atomic E-state index is 0.101. The number of thiophene rings is 1. The van der Waals surface area contributed by atoms with Gasteiger partial charge in [-0.2, -0.15) is 0 Å². The van der Waals surface area contributed by atoms with Gasteiger partial charge in [-0.05, 0) is 86.3 Å². The van der Waals surface area contributed by atoms with Crippen molar-refractivity contribution in [1.29, 1.82) is 0 Å². The van der Waals surface area contributed by atoms with Gasteiger partial charge in [-0.3, -0.25) is 0 Å². The molecule has 1 heterocycles. The van der Waals surface area contributed by atoms with Crippen LogP contribution in [0.4, 0.5) is 17.1 Å². The smallest absolute Gasteiger partial charge is 0.0543 e. The van der Waals surface area contributed by atoms with Crippen molar-refractivity contribution < 1.29 is 0 Å². The summed E-state index contributed by atoms with van der Waals surface area (Å²) >= 11 is 1.88. The van der Waals surface area contributed by atoms with Crippen molar-refractivity contribution in [1.82, 2.24) is 0 Å². The fourth-order valence-corrected chi connectivity index (χ4v) is 9.39. The molecule has 0 radical (unpaired) electrons.